The van der Waals surface area contributed by atoms with Crippen LogP contribution in [0.3, 0.4) is 0 Å². The molecule has 10 heteroatoms. The molecule has 2 aromatic carbocycles. The summed E-state index contributed by atoms with van der Waals surface area (Å²) in [7, 11) is 3.01. The summed E-state index contributed by atoms with van der Waals surface area (Å²) in [5.41, 5.74) is 2.95. The zero-order valence-electron chi connectivity index (χ0n) is 18.2. The van der Waals surface area contributed by atoms with Gasteiger partial charge in [-0.15, -0.1) is 0 Å². The third kappa shape index (κ3) is 3.64. The number of nitrogens with one attached hydrogen (secondary N) is 1. The molecular weight excluding hydrogens is 414 g/mol. The summed E-state index contributed by atoms with van der Waals surface area (Å²) < 4.78 is 10.4. The quantitative estimate of drug-likeness (QED) is 0.694. The standard InChI is InChI=1S/C22H23N5O5/c1-12-5-6-14(9-13(12)2)27-21(29)19-20(22(27)30)26(25-24-19)11-18(28)23-16-8-7-15(31-3)10-17(16)32-4/h5-10,19-20H,11H2,1-4H3,(H,23,28)/t19-,20+/m0/s1. The van der Waals surface area contributed by atoms with Crippen molar-refractivity contribution in [2.24, 2.45) is 10.3 Å². The van der Waals surface area contributed by atoms with Crippen molar-refractivity contribution in [2.45, 2.75) is 25.9 Å². The van der Waals surface area contributed by atoms with Gasteiger partial charge in [0.05, 0.1) is 25.6 Å². The van der Waals surface area contributed by atoms with Gasteiger partial charge in [-0.3, -0.25) is 19.4 Å². The van der Waals surface area contributed by atoms with Gasteiger partial charge in [-0.05, 0) is 49.2 Å². The molecule has 0 radical (unpaired) electrons. The van der Waals surface area contributed by atoms with Gasteiger partial charge in [0.1, 0.15) is 18.0 Å². The molecule has 0 unspecified atom stereocenters. The number of rotatable bonds is 6. The number of amides is 3. The van der Waals surface area contributed by atoms with Crippen LogP contribution in [0.5, 0.6) is 11.5 Å². The number of methoxy groups -OCH3 is 2. The third-order valence-corrected chi connectivity index (χ3v) is 5.59. The van der Waals surface area contributed by atoms with Crippen molar-refractivity contribution < 1.29 is 23.9 Å². The molecule has 32 heavy (non-hydrogen) atoms. The van der Waals surface area contributed by atoms with Gasteiger partial charge in [-0.25, -0.2) is 4.90 Å². The second-order valence-electron chi connectivity index (χ2n) is 7.59. The SMILES string of the molecule is COc1ccc(NC(=O)CN2N=N[C@@H]3C(=O)N(c4ccc(C)c(C)c4)C(=O)[C@@H]32)c(OC)c1. The highest BCUT2D eigenvalue weighted by Gasteiger charge is 2.55. The zero-order valence-corrected chi connectivity index (χ0v) is 18.2. The second kappa shape index (κ2) is 8.29. The fourth-order valence-corrected chi connectivity index (χ4v) is 3.71. The summed E-state index contributed by atoms with van der Waals surface area (Å²) >= 11 is 0. The molecule has 0 aromatic heterocycles. The van der Waals surface area contributed by atoms with Crippen molar-refractivity contribution in [3.8, 4) is 11.5 Å². The zero-order chi connectivity index (χ0) is 23.0. The first kappa shape index (κ1) is 21.3. The van der Waals surface area contributed by atoms with Crippen LogP contribution < -0.4 is 19.7 Å². The van der Waals surface area contributed by atoms with E-state index in [1.54, 1.807) is 30.3 Å². The van der Waals surface area contributed by atoms with Crippen LogP contribution in [0.4, 0.5) is 11.4 Å². The Morgan fingerprint density at radius 2 is 1.81 bits per heavy atom. The Kier molecular flexibility index (Phi) is 5.52. The number of anilines is 2. The lowest BCUT2D eigenvalue weighted by Crippen LogP contribution is -2.43. The average Bonchev–Trinajstić information content (AvgIpc) is 3.29. The Morgan fingerprint density at radius 1 is 1.03 bits per heavy atom. The van der Waals surface area contributed by atoms with Crippen LogP contribution in [0.1, 0.15) is 11.1 Å². The highest BCUT2D eigenvalue weighted by Crippen LogP contribution is 2.33. The number of hydrogen-bond donors (Lipinski definition) is 1. The van der Waals surface area contributed by atoms with Gasteiger partial charge in [0, 0.05) is 6.07 Å². The van der Waals surface area contributed by atoms with E-state index < -0.39 is 29.8 Å². The number of ether oxygens (including phenoxy) is 2. The highest BCUT2D eigenvalue weighted by atomic mass is 16.5. The molecule has 2 aromatic rings. The molecule has 0 bridgehead atoms. The molecule has 1 fully saturated rings. The fraction of sp³-hybridized carbons (Fsp3) is 0.318. The Bertz CT molecular complexity index is 1130. The molecule has 166 valence electrons. The lowest BCUT2D eigenvalue weighted by atomic mass is 10.1. The molecule has 1 saturated heterocycles. The topological polar surface area (TPSA) is 113 Å². The third-order valence-electron chi connectivity index (χ3n) is 5.59. The number of carbonyl (C=O) groups is 3. The minimum Gasteiger partial charge on any atom is -0.497 e. The molecule has 3 amide bonds. The van der Waals surface area contributed by atoms with Gasteiger partial charge >= 0.3 is 0 Å². The predicted molar refractivity (Wildman–Crippen MR) is 116 cm³/mol. The van der Waals surface area contributed by atoms with E-state index >= 15 is 0 Å². The summed E-state index contributed by atoms with van der Waals surface area (Å²) in [6.07, 6.45) is 0. The minimum absolute atomic E-state index is 0.250. The average molecular weight is 437 g/mol. The number of carbonyl (C=O) groups excluding carboxylic acids is 3. The molecule has 1 N–H and O–H groups in total. The van der Waals surface area contributed by atoms with Crippen LogP contribution in [0.25, 0.3) is 0 Å². The normalized spacial score (nSPS) is 19.4. The van der Waals surface area contributed by atoms with E-state index in [0.717, 1.165) is 16.0 Å². The molecule has 2 atom stereocenters. The Labute approximate surface area is 184 Å². The Balaban J connectivity index is 1.49. The van der Waals surface area contributed by atoms with Gasteiger partial charge in [0.25, 0.3) is 11.8 Å². The molecule has 4 rings (SSSR count). The Morgan fingerprint density at radius 3 is 2.50 bits per heavy atom. The smallest absolute Gasteiger partial charge is 0.263 e. The summed E-state index contributed by atoms with van der Waals surface area (Å²) in [4.78, 5) is 39.7. The van der Waals surface area contributed by atoms with Crippen molar-refractivity contribution in [1.82, 2.24) is 5.01 Å². The first-order chi connectivity index (χ1) is 15.3. The summed E-state index contributed by atoms with van der Waals surface area (Å²) in [5.74, 6) is -0.336. The van der Waals surface area contributed by atoms with Crippen LogP contribution in [0.15, 0.2) is 46.7 Å². The van der Waals surface area contributed by atoms with E-state index in [1.807, 2.05) is 19.9 Å². The largest absolute Gasteiger partial charge is 0.497 e. The van der Waals surface area contributed by atoms with Gasteiger partial charge in [0.15, 0.2) is 12.1 Å². The first-order valence-corrected chi connectivity index (χ1v) is 9.98. The number of fused-ring (bicyclic) bond motifs is 1. The lowest BCUT2D eigenvalue weighted by molar-refractivity contribution is -0.123. The molecule has 0 aliphatic carbocycles. The van der Waals surface area contributed by atoms with Gasteiger partial charge < -0.3 is 14.8 Å². The van der Waals surface area contributed by atoms with Crippen molar-refractivity contribution in [1.29, 1.82) is 0 Å². The maximum absolute atomic E-state index is 13.1. The van der Waals surface area contributed by atoms with E-state index in [1.165, 1.54) is 19.2 Å². The van der Waals surface area contributed by atoms with E-state index in [0.29, 0.717) is 22.9 Å². The van der Waals surface area contributed by atoms with Crippen molar-refractivity contribution in [2.75, 3.05) is 31.0 Å². The summed E-state index contributed by atoms with van der Waals surface area (Å²) in [6.45, 7) is 3.61. The maximum Gasteiger partial charge on any atom is 0.263 e. The van der Waals surface area contributed by atoms with Crippen LogP contribution in [0, 0.1) is 13.8 Å². The van der Waals surface area contributed by atoms with E-state index in [2.05, 4.69) is 15.7 Å². The van der Waals surface area contributed by atoms with Crippen LogP contribution in [0.2, 0.25) is 0 Å². The van der Waals surface area contributed by atoms with Gasteiger partial charge in [-0.2, -0.15) is 5.11 Å². The van der Waals surface area contributed by atoms with E-state index in [-0.39, 0.29) is 6.54 Å². The molecule has 0 saturated carbocycles. The number of aryl methyl sites for hydroxylation is 2. The second-order valence-corrected chi connectivity index (χ2v) is 7.59. The summed E-state index contributed by atoms with van der Waals surface area (Å²) in [6, 6.07) is 8.43. The summed E-state index contributed by atoms with van der Waals surface area (Å²) in [5, 5.41) is 11.8. The molecule has 2 heterocycles. The van der Waals surface area contributed by atoms with Gasteiger partial charge in [-0.1, -0.05) is 11.3 Å². The van der Waals surface area contributed by atoms with Crippen molar-refractivity contribution in [3.05, 3.63) is 47.5 Å². The number of benzene rings is 2. The predicted octanol–water partition coefficient (Wildman–Crippen LogP) is 2.25. The van der Waals surface area contributed by atoms with Crippen LogP contribution >= 0.6 is 0 Å². The monoisotopic (exact) mass is 437 g/mol. The van der Waals surface area contributed by atoms with Crippen LogP contribution in [-0.4, -0.2) is 55.6 Å². The van der Waals surface area contributed by atoms with Crippen molar-refractivity contribution >= 4 is 29.1 Å². The van der Waals surface area contributed by atoms with Gasteiger partial charge in [0.2, 0.25) is 5.91 Å². The number of hydrogen-bond acceptors (Lipinski definition) is 8. The molecule has 2 aliphatic rings. The molecule has 0 spiro atoms. The van der Waals surface area contributed by atoms with E-state index in [4.69, 9.17) is 9.47 Å². The van der Waals surface area contributed by atoms with Crippen molar-refractivity contribution in [3.63, 3.8) is 0 Å². The van der Waals surface area contributed by atoms with E-state index in [9.17, 15) is 14.4 Å². The maximum atomic E-state index is 13.1. The molecule has 2 aliphatic heterocycles. The fourth-order valence-electron chi connectivity index (χ4n) is 3.71. The molecular formula is C22H23N5O5. The Hall–Kier alpha value is -3.95. The highest BCUT2D eigenvalue weighted by molar-refractivity contribution is 6.25. The first-order valence-electron chi connectivity index (χ1n) is 9.98. The molecule has 10 nitrogen and oxygen atoms in total. The van der Waals surface area contributed by atoms with Crippen LogP contribution in [-0.2, 0) is 14.4 Å². The lowest BCUT2D eigenvalue weighted by Gasteiger charge is -2.21. The number of nitrogens with zero attached hydrogens (tertiary/aromatic N) is 4. The minimum atomic E-state index is -0.965. The number of imide groups is 1.